The van der Waals surface area contributed by atoms with E-state index < -0.39 is 5.82 Å². The van der Waals surface area contributed by atoms with Gasteiger partial charge in [-0.05, 0) is 12.8 Å². The summed E-state index contributed by atoms with van der Waals surface area (Å²) in [5.74, 6) is -0.479. The summed E-state index contributed by atoms with van der Waals surface area (Å²) in [7, 11) is 0. The molecule has 1 rings (SSSR count). The first kappa shape index (κ1) is 9.39. The molecule has 0 atom stereocenters. The normalized spacial score (nSPS) is 10.2. The highest BCUT2D eigenvalue weighted by Gasteiger charge is 2.07. The fourth-order valence-corrected chi connectivity index (χ4v) is 1.05. The molecular formula is C8H10ClFN2. The summed E-state index contributed by atoms with van der Waals surface area (Å²) in [4.78, 5) is 7.33. The van der Waals surface area contributed by atoms with Gasteiger partial charge in [-0.3, -0.25) is 0 Å². The number of halogens is 2. The van der Waals surface area contributed by atoms with E-state index >= 15 is 0 Å². The summed E-state index contributed by atoms with van der Waals surface area (Å²) in [6.45, 7) is 2.04. The molecule has 0 spiro atoms. The molecule has 1 aromatic heterocycles. The third-order valence-electron chi connectivity index (χ3n) is 1.59. The number of nitrogens with zero attached hydrogens (tertiary/aromatic N) is 2. The van der Waals surface area contributed by atoms with Crippen LogP contribution < -0.4 is 0 Å². The van der Waals surface area contributed by atoms with Crippen molar-refractivity contribution in [1.82, 2.24) is 9.97 Å². The molecule has 0 N–H and O–H groups in total. The van der Waals surface area contributed by atoms with E-state index in [1.807, 2.05) is 6.92 Å². The van der Waals surface area contributed by atoms with Crippen molar-refractivity contribution >= 4 is 11.6 Å². The van der Waals surface area contributed by atoms with Crippen LogP contribution in [0.25, 0.3) is 0 Å². The van der Waals surface area contributed by atoms with Gasteiger partial charge in [-0.1, -0.05) is 24.9 Å². The van der Waals surface area contributed by atoms with E-state index in [0.717, 1.165) is 12.8 Å². The molecule has 0 saturated heterocycles. The van der Waals surface area contributed by atoms with Crippen LogP contribution in [0.3, 0.4) is 0 Å². The minimum Gasteiger partial charge on any atom is -0.238 e. The van der Waals surface area contributed by atoms with Crippen molar-refractivity contribution in [2.75, 3.05) is 0 Å². The topological polar surface area (TPSA) is 25.8 Å². The summed E-state index contributed by atoms with van der Waals surface area (Å²) < 4.78 is 13.1. The Bertz CT molecular complexity index is 265. The van der Waals surface area contributed by atoms with E-state index in [4.69, 9.17) is 11.6 Å². The van der Waals surface area contributed by atoms with Gasteiger partial charge < -0.3 is 0 Å². The maximum atomic E-state index is 13.1. The van der Waals surface area contributed by atoms with Crippen molar-refractivity contribution in [3.05, 3.63) is 23.0 Å². The quantitative estimate of drug-likeness (QED) is 0.682. The van der Waals surface area contributed by atoms with Gasteiger partial charge in [-0.15, -0.1) is 0 Å². The lowest BCUT2D eigenvalue weighted by molar-refractivity contribution is 0.583. The summed E-state index contributed by atoms with van der Waals surface area (Å²) in [5.41, 5.74) is 0.414. The molecule has 0 fully saturated rings. The Kier molecular flexibility index (Phi) is 3.41. The van der Waals surface area contributed by atoms with Crippen molar-refractivity contribution in [2.45, 2.75) is 26.2 Å². The number of unbranched alkanes of at least 4 members (excludes halogenated alkanes) is 1. The van der Waals surface area contributed by atoms with Crippen molar-refractivity contribution in [2.24, 2.45) is 0 Å². The number of hydrogen-bond acceptors (Lipinski definition) is 2. The van der Waals surface area contributed by atoms with Crippen LogP contribution in [0.15, 0.2) is 6.33 Å². The second-order valence-electron chi connectivity index (χ2n) is 2.53. The molecule has 12 heavy (non-hydrogen) atoms. The van der Waals surface area contributed by atoms with E-state index in [0.29, 0.717) is 12.1 Å². The van der Waals surface area contributed by atoms with E-state index in [1.54, 1.807) is 0 Å². The molecular weight excluding hydrogens is 179 g/mol. The maximum Gasteiger partial charge on any atom is 0.181 e. The second kappa shape index (κ2) is 4.36. The number of aryl methyl sites for hydroxylation is 1. The number of rotatable bonds is 3. The van der Waals surface area contributed by atoms with Crippen molar-refractivity contribution in [1.29, 1.82) is 0 Å². The predicted molar refractivity (Wildman–Crippen MR) is 45.6 cm³/mol. The smallest absolute Gasteiger partial charge is 0.181 e. The third-order valence-corrected chi connectivity index (χ3v) is 1.85. The van der Waals surface area contributed by atoms with Crippen LogP contribution in [-0.2, 0) is 6.42 Å². The fourth-order valence-electron chi connectivity index (χ4n) is 0.900. The highest BCUT2D eigenvalue weighted by molar-refractivity contribution is 6.29. The monoisotopic (exact) mass is 188 g/mol. The largest absolute Gasteiger partial charge is 0.238 e. The molecule has 2 nitrogen and oxygen atoms in total. The van der Waals surface area contributed by atoms with Crippen LogP contribution in [0.5, 0.6) is 0 Å². The minimum atomic E-state index is -0.479. The summed E-state index contributed by atoms with van der Waals surface area (Å²) in [5, 5.41) is -0.0869. The molecule has 0 aromatic carbocycles. The Morgan fingerprint density at radius 2 is 2.25 bits per heavy atom. The lowest BCUT2D eigenvalue weighted by Crippen LogP contribution is -1.97. The SMILES string of the molecule is CCCCc1ncnc(Cl)c1F. The van der Waals surface area contributed by atoms with Gasteiger partial charge in [-0.2, -0.15) is 0 Å². The Hall–Kier alpha value is -0.700. The molecule has 66 valence electrons. The molecule has 1 aromatic rings. The molecule has 0 aliphatic rings. The molecule has 0 unspecified atom stereocenters. The first-order chi connectivity index (χ1) is 5.75. The number of hydrogen-bond donors (Lipinski definition) is 0. The maximum absolute atomic E-state index is 13.1. The van der Waals surface area contributed by atoms with Crippen LogP contribution in [-0.4, -0.2) is 9.97 Å². The summed E-state index contributed by atoms with van der Waals surface area (Å²) in [6.07, 6.45) is 3.85. The van der Waals surface area contributed by atoms with Crippen molar-refractivity contribution < 1.29 is 4.39 Å². The van der Waals surface area contributed by atoms with Gasteiger partial charge in [0.25, 0.3) is 0 Å². The molecule has 1 heterocycles. The van der Waals surface area contributed by atoms with Crippen molar-refractivity contribution in [3.63, 3.8) is 0 Å². The summed E-state index contributed by atoms with van der Waals surface area (Å²) >= 11 is 5.47. The second-order valence-corrected chi connectivity index (χ2v) is 2.89. The first-order valence-electron chi connectivity index (χ1n) is 3.90. The standard InChI is InChI=1S/C8H10ClFN2/c1-2-3-4-6-7(10)8(9)12-5-11-6/h5H,2-4H2,1H3. The molecule has 4 heteroatoms. The molecule has 0 radical (unpaired) electrons. The third kappa shape index (κ3) is 2.14. The van der Waals surface area contributed by atoms with Gasteiger partial charge in [0.1, 0.15) is 6.33 Å². The van der Waals surface area contributed by atoms with Gasteiger partial charge in [-0.25, -0.2) is 14.4 Å². The Morgan fingerprint density at radius 1 is 1.50 bits per heavy atom. The number of aromatic nitrogens is 2. The zero-order chi connectivity index (χ0) is 8.97. The zero-order valence-corrected chi connectivity index (χ0v) is 7.60. The van der Waals surface area contributed by atoms with Gasteiger partial charge in [0.05, 0.1) is 5.69 Å². The minimum absolute atomic E-state index is 0.0869. The molecule has 0 amide bonds. The zero-order valence-electron chi connectivity index (χ0n) is 6.85. The van der Waals surface area contributed by atoms with Crippen LogP contribution in [0.1, 0.15) is 25.5 Å². The van der Waals surface area contributed by atoms with Crippen LogP contribution >= 0.6 is 11.6 Å². The highest BCUT2D eigenvalue weighted by Crippen LogP contribution is 2.14. The average Bonchev–Trinajstić information content (AvgIpc) is 2.08. The Balaban J connectivity index is 2.78. The lowest BCUT2D eigenvalue weighted by Gasteiger charge is -2.00. The molecule has 0 bridgehead atoms. The van der Waals surface area contributed by atoms with Gasteiger partial charge in [0.15, 0.2) is 11.0 Å². The molecule has 0 aliphatic heterocycles. The Morgan fingerprint density at radius 3 is 2.92 bits per heavy atom. The van der Waals surface area contributed by atoms with Crippen LogP contribution in [0.2, 0.25) is 5.15 Å². The van der Waals surface area contributed by atoms with Crippen LogP contribution in [0.4, 0.5) is 4.39 Å². The summed E-state index contributed by atoms with van der Waals surface area (Å²) in [6, 6.07) is 0. The van der Waals surface area contributed by atoms with Crippen LogP contribution in [0, 0.1) is 5.82 Å². The van der Waals surface area contributed by atoms with Crippen molar-refractivity contribution in [3.8, 4) is 0 Å². The molecule has 0 saturated carbocycles. The Labute approximate surface area is 75.8 Å². The van der Waals surface area contributed by atoms with Gasteiger partial charge in [0.2, 0.25) is 0 Å². The first-order valence-corrected chi connectivity index (χ1v) is 4.28. The predicted octanol–water partition coefficient (Wildman–Crippen LogP) is 2.61. The van der Waals surface area contributed by atoms with E-state index in [1.165, 1.54) is 6.33 Å². The lowest BCUT2D eigenvalue weighted by atomic mass is 10.2. The van der Waals surface area contributed by atoms with E-state index in [2.05, 4.69) is 9.97 Å². The average molecular weight is 189 g/mol. The fraction of sp³-hybridized carbons (Fsp3) is 0.500. The highest BCUT2D eigenvalue weighted by atomic mass is 35.5. The molecule has 0 aliphatic carbocycles. The van der Waals surface area contributed by atoms with Gasteiger partial charge >= 0.3 is 0 Å². The van der Waals surface area contributed by atoms with E-state index in [9.17, 15) is 4.39 Å². The van der Waals surface area contributed by atoms with E-state index in [-0.39, 0.29) is 5.15 Å². The van der Waals surface area contributed by atoms with Gasteiger partial charge in [0, 0.05) is 0 Å².